The number of Topliss-reactive ketones (excluding diaryl/α,β-unsaturated/α-hetero) is 1. The number of hydrogen-bond acceptors (Lipinski definition) is 4. The zero-order valence-corrected chi connectivity index (χ0v) is 18.8. The number of ether oxygens (including phenoxy) is 1. The van der Waals surface area contributed by atoms with Crippen LogP contribution in [0.2, 0.25) is 5.02 Å². The molecule has 0 spiro atoms. The summed E-state index contributed by atoms with van der Waals surface area (Å²) in [6, 6.07) is 7.50. The average molecular weight is 428 g/mol. The average Bonchev–Trinajstić information content (AvgIpc) is 2.67. The number of hydrogen-bond donors (Lipinski definition) is 1. The first-order valence-corrected chi connectivity index (χ1v) is 11.3. The fourth-order valence-corrected chi connectivity index (χ4v) is 5.37. The lowest BCUT2D eigenvalue weighted by atomic mass is 9.68. The quantitative estimate of drug-likeness (QED) is 0.617. The second-order valence-corrected chi connectivity index (χ2v) is 10.0. The third kappa shape index (κ3) is 4.07. The summed E-state index contributed by atoms with van der Waals surface area (Å²) in [6.07, 6.45) is 6.35. The van der Waals surface area contributed by atoms with Crippen LogP contribution in [0.3, 0.4) is 0 Å². The molecule has 0 saturated heterocycles. The first-order chi connectivity index (χ1) is 14.3. The zero-order chi connectivity index (χ0) is 21.5. The molecule has 1 saturated carbocycles. The van der Waals surface area contributed by atoms with E-state index in [0.29, 0.717) is 22.6 Å². The fourth-order valence-electron chi connectivity index (χ4n) is 5.12. The highest BCUT2D eigenvalue weighted by Gasteiger charge is 2.44. The highest BCUT2D eigenvalue weighted by atomic mass is 35.5. The van der Waals surface area contributed by atoms with Crippen LogP contribution in [-0.4, -0.2) is 17.9 Å². The maximum absolute atomic E-state index is 13.4. The van der Waals surface area contributed by atoms with Crippen LogP contribution < -0.4 is 5.32 Å². The van der Waals surface area contributed by atoms with E-state index in [1.165, 1.54) is 6.42 Å². The van der Waals surface area contributed by atoms with Crippen LogP contribution in [0.5, 0.6) is 0 Å². The minimum atomic E-state index is -0.491. The van der Waals surface area contributed by atoms with E-state index in [9.17, 15) is 9.59 Å². The van der Waals surface area contributed by atoms with Gasteiger partial charge in [0.25, 0.3) is 0 Å². The predicted molar refractivity (Wildman–Crippen MR) is 118 cm³/mol. The third-order valence-corrected chi connectivity index (χ3v) is 6.85. The van der Waals surface area contributed by atoms with E-state index in [1.807, 2.05) is 31.2 Å². The molecule has 3 aliphatic rings. The van der Waals surface area contributed by atoms with Gasteiger partial charge in [-0.15, -0.1) is 0 Å². The lowest BCUT2D eigenvalue weighted by Gasteiger charge is -2.40. The van der Waals surface area contributed by atoms with Gasteiger partial charge in [-0.05, 0) is 56.1 Å². The van der Waals surface area contributed by atoms with Crippen molar-refractivity contribution in [3.63, 3.8) is 0 Å². The second kappa shape index (κ2) is 8.22. The van der Waals surface area contributed by atoms with Crippen molar-refractivity contribution in [3.05, 3.63) is 57.4 Å². The summed E-state index contributed by atoms with van der Waals surface area (Å²) in [5.41, 5.74) is 3.52. The Hall–Kier alpha value is -2.07. The van der Waals surface area contributed by atoms with Crippen LogP contribution in [0.15, 0.2) is 46.8 Å². The monoisotopic (exact) mass is 427 g/mol. The second-order valence-electron chi connectivity index (χ2n) is 9.62. The molecule has 1 aromatic rings. The normalized spacial score (nSPS) is 24.4. The minimum Gasteiger partial charge on any atom is -0.459 e. The molecule has 4 nitrogen and oxygen atoms in total. The number of carbonyl (C=O) groups is 2. The molecule has 1 unspecified atom stereocenters. The van der Waals surface area contributed by atoms with E-state index < -0.39 is 5.92 Å². The van der Waals surface area contributed by atoms with Crippen molar-refractivity contribution in [2.45, 2.75) is 77.7 Å². The summed E-state index contributed by atoms with van der Waals surface area (Å²) in [4.78, 5) is 26.7. The highest BCUT2D eigenvalue weighted by Crippen LogP contribution is 2.48. The van der Waals surface area contributed by atoms with Crippen molar-refractivity contribution in [2.24, 2.45) is 5.41 Å². The smallest absolute Gasteiger partial charge is 0.337 e. The molecule has 30 heavy (non-hydrogen) atoms. The fraction of sp³-hybridized carbons (Fsp3) is 0.520. The zero-order valence-electron chi connectivity index (χ0n) is 18.0. The van der Waals surface area contributed by atoms with Gasteiger partial charge in [-0.1, -0.05) is 50.1 Å². The molecule has 4 rings (SSSR count). The van der Waals surface area contributed by atoms with Crippen molar-refractivity contribution >= 4 is 23.4 Å². The number of ketones is 1. The van der Waals surface area contributed by atoms with Crippen molar-refractivity contribution < 1.29 is 14.3 Å². The maximum Gasteiger partial charge on any atom is 0.337 e. The molecular formula is C25H30ClNO3. The van der Waals surface area contributed by atoms with E-state index in [-0.39, 0.29) is 23.3 Å². The summed E-state index contributed by atoms with van der Waals surface area (Å²) in [7, 11) is 0. The number of esters is 1. The molecule has 5 heteroatoms. The largest absolute Gasteiger partial charge is 0.459 e. The highest BCUT2D eigenvalue weighted by molar-refractivity contribution is 6.31. The molecule has 1 aliphatic heterocycles. The Morgan fingerprint density at radius 1 is 1.13 bits per heavy atom. The number of dihydropyridines is 1. The van der Waals surface area contributed by atoms with Crippen molar-refractivity contribution in [1.29, 1.82) is 0 Å². The molecule has 1 N–H and O–H groups in total. The van der Waals surface area contributed by atoms with Gasteiger partial charge in [-0.3, -0.25) is 4.79 Å². The van der Waals surface area contributed by atoms with Gasteiger partial charge in [0.1, 0.15) is 6.10 Å². The molecular weight excluding hydrogens is 398 g/mol. The van der Waals surface area contributed by atoms with Crippen molar-refractivity contribution in [1.82, 2.24) is 5.32 Å². The Bertz CT molecular complexity index is 937. The van der Waals surface area contributed by atoms with Crippen LogP contribution >= 0.6 is 11.6 Å². The van der Waals surface area contributed by atoms with E-state index >= 15 is 0 Å². The summed E-state index contributed by atoms with van der Waals surface area (Å²) in [6.45, 7) is 6.11. The summed E-state index contributed by atoms with van der Waals surface area (Å²) >= 11 is 6.57. The molecule has 160 valence electrons. The number of nitrogens with one attached hydrogen (secondary N) is 1. The Kier molecular flexibility index (Phi) is 5.80. The van der Waals surface area contributed by atoms with Gasteiger partial charge in [0.2, 0.25) is 0 Å². The number of benzene rings is 1. The topological polar surface area (TPSA) is 55.4 Å². The van der Waals surface area contributed by atoms with E-state index in [2.05, 4.69) is 19.2 Å². The molecule has 0 amide bonds. The number of halogens is 1. The third-order valence-electron chi connectivity index (χ3n) is 6.50. The molecule has 1 atom stereocenters. The molecule has 0 bridgehead atoms. The van der Waals surface area contributed by atoms with Crippen molar-refractivity contribution in [2.75, 3.05) is 0 Å². The Morgan fingerprint density at radius 2 is 1.83 bits per heavy atom. The predicted octanol–water partition coefficient (Wildman–Crippen LogP) is 5.82. The first kappa shape index (κ1) is 21.2. The van der Waals surface area contributed by atoms with Gasteiger partial charge in [0.15, 0.2) is 5.78 Å². The van der Waals surface area contributed by atoms with Crippen LogP contribution in [-0.2, 0) is 14.3 Å². The van der Waals surface area contributed by atoms with Crippen LogP contribution in [0.4, 0.5) is 0 Å². The summed E-state index contributed by atoms with van der Waals surface area (Å²) < 4.78 is 5.93. The van der Waals surface area contributed by atoms with Gasteiger partial charge in [0, 0.05) is 34.3 Å². The molecule has 0 aromatic heterocycles. The SMILES string of the molecule is CC1=C(C(=O)OC2CCCCC2)C(c2ccccc2Cl)C2=C(CC(C)(C)CC2=O)N1. The molecule has 1 heterocycles. The van der Waals surface area contributed by atoms with E-state index in [4.69, 9.17) is 16.3 Å². The summed E-state index contributed by atoms with van der Waals surface area (Å²) in [5.74, 6) is -0.746. The van der Waals surface area contributed by atoms with Gasteiger partial charge >= 0.3 is 5.97 Å². The van der Waals surface area contributed by atoms with Crippen LogP contribution in [0.25, 0.3) is 0 Å². The van der Waals surface area contributed by atoms with Gasteiger partial charge in [0.05, 0.1) is 5.57 Å². The molecule has 0 radical (unpaired) electrons. The first-order valence-electron chi connectivity index (χ1n) is 11.0. The molecule has 1 fully saturated rings. The van der Waals surface area contributed by atoms with Gasteiger partial charge in [-0.2, -0.15) is 0 Å². The Labute approximate surface area is 183 Å². The number of carbonyl (C=O) groups excluding carboxylic acids is 2. The lowest BCUT2D eigenvalue weighted by molar-refractivity contribution is -0.146. The van der Waals surface area contributed by atoms with Crippen LogP contribution in [0.1, 0.15) is 77.2 Å². The van der Waals surface area contributed by atoms with Crippen LogP contribution in [0, 0.1) is 5.41 Å². The molecule has 1 aromatic carbocycles. The number of allylic oxidation sites excluding steroid dienone is 3. The number of rotatable bonds is 3. The summed E-state index contributed by atoms with van der Waals surface area (Å²) in [5, 5.41) is 3.95. The van der Waals surface area contributed by atoms with E-state index in [0.717, 1.165) is 49.1 Å². The standard InChI is InChI=1S/C25H30ClNO3/c1-15-21(24(29)30-16-9-5-4-6-10-16)22(17-11-7-8-12-18(17)26)23-19(27-15)13-25(2,3)14-20(23)28/h7-8,11-12,16,22,27H,4-6,9-10,13-14H2,1-3H3. The Balaban J connectivity index is 1.77. The van der Waals surface area contributed by atoms with Gasteiger partial charge in [-0.25, -0.2) is 4.79 Å². The maximum atomic E-state index is 13.4. The van der Waals surface area contributed by atoms with Gasteiger partial charge < -0.3 is 10.1 Å². The lowest BCUT2D eigenvalue weighted by Crippen LogP contribution is -2.39. The Morgan fingerprint density at radius 3 is 2.53 bits per heavy atom. The van der Waals surface area contributed by atoms with E-state index in [1.54, 1.807) is 0 Å². The molecule has 2 aliphatic carbocycles. The van der Waals surface area contributed by atoms with Crippen molar-refractivity contribution in [3.8, 4) is 0 Å². The minimum absolute atomic E-state index is 0.0465.